The highest BCUT2D eigenvalue weighted by atomic mass is 19.4. The number of hydrogen-bond acceptors (Lipinski definition) is 13. The molecule has 5 rings (SSSR count). The number of hydrogen-bond donors (Lipinski definition) is 7. The number of rotatable bonds is 7. The van der Waals surface area contributed by atoms with Crippen molar-refractivity contribution >= 4 is 35.1 Å². The van der Waals surface area contributed by atoms with Crippen molar-refractivity contribution in [1.29, 1.82) is 0 Å². The quantitative estimate of drug-likeness (QED) is 0.198. The molecule has 1 amide bonds. The lowest BCUT2D eigenvalue weighted by Gasteiger charge is -2.37. The van der Waals surface area contributed by atoms with E-state index < -0.39 is 29.3 Å². The molecule has 0 aliphatic carbocycles. The van der Waals surface area contributed by atoms with E-state index in [1.54, 1.807) is 24.3 Å². The molecular formula is C27H34F3N11O3. The zero-order chi connectivity index (χ0) is 31.6. The fraction of sp³-hybridized carbons (Fsp3) is 0.407. The van der Waals surface area contributed by atoms with Gasteiger partial charge in [-0.2, -0.15) is 15.0 Å². The molecule has 0 radical (unpaired) electrons. The molecule has 2 fully saturated rings. The number of benzene rings is 2. The monoisotopic (exact) mass is 617 g/mol. The topological polar surface area (TPSA) is 220 Å². The number of piperidine rings is 2. The molecule has 2 aliphatic rings. The van der Waals surface area contributed by atoms with Gasteiger partial charge in [-0.15, -0.1) is 13.2 Å². The Morgan fingerprint density at radius 1 is 0.818 bits per heavy atom. The highest BCUT2D eigenvalue weighted by molar-refractivity contribution is 6.06. The summed E-state index contributed by atoms with van der Waals surface area (Å²) in [5.74, 6) is -0.944. The minimum Gasteiger partial charge on any atom is -0.507 e. The molecule has 3 heterocycles. The molecule has 11 N–H and O–H groups in total. The second-order valence-electron chi connectivity index (χ2n) is 11.0. The molecule has 4 atom stereocenters. The van der Waals surface area contributed by atoms with Gasteiger partial charge in [0, 0.05) is 61.7 Å². The number of nitrogens with zero attached hydrogens (tertiary/aromatic N) is 5. The van der Waals surface area contributed by atoms with Crippen LogP contribution < -0.4 is 48.1 Å². The summed E-state index contributed by atoms with van der Waals surface area (Å²) in [6.07, 6.45) is -3.58. The summed E-state index contributed by atoms with van der Waals surface area (Å²) in [6.45, 7) is 2.07. The number of nitrogens with two attached hydrogens (primary N) is 4. The molecule has 17 heteroatoms. The van der Waals surface area contributed by atoms with Gasteiger partial charge < -0.3 is 53.2 Å². The zero-order valence-corrected chi connectivity index (χ0v) is 23.5. The first-order valence-corrected chi connectivity index (χ1v) is 13.9. The molecule has 2 aromatic carbocycles. The molecule has 44 heavy (non-hydrogen) atoms. The van der Waals surface area contributed by atoms with Crippen LogP contribution in [-0.2, 0) is 0 Å². The molecule has 1 aromatic heterocycles. The zero-order valence-electron chi connectivity index (χ0n) is 23.5. The Morgan fingerprint density at radius 2 is 1.32 bits per heavy atom. The van der Waals surface area contributed by atoms with Gasteiger partial charge in [-0.3, -0.25) is 4.79 Å². The first kappa shape index (κ1) is 31.0. The third-order valence-electron chi connectivity index (χ3n) is 7.05. The van der Waals surface area contributed by atoms with Gasteiger partial charge in [0.15, 0.2) is 0 Å². The first-order valence-electron chi connectivity index (χ1n) is 13.9. The van der Waals surface area contributed by atoms with E-state index >= 15 is 0 Å². The number of phenolic OH excluding ortho intramolecular Hbond substituents is 1. The number of ether oxygens (including phenoxy) is 1. The van der Waals surface area contributed by atoms with Crippen molar-refractivity contribution in [3.63, 3.8) is 0 Å². The van der Waals surface area contributed by atoms with Crippen LogP contribution in [0.15, 0.2) is 42.5 Å². The van der Waals surface area contributed by atoms with Crippen LogP contribution in [-0.4, -0.2) is 82.7 Å². The van der Waals surface area contributed by atoms with Crippen LogP contribution in [0.3, 0.4) is 0 Å². The number of carbonyl (C=O) groups is 1. The number of aromatic nitrogens is 3. The van der Waals surface area contributed by atoms with Crippen LogP contribution in [0.2, 0.25) is 0 Å². The predicted octanol–water partition coefficient (Wildman–Crippen LogP) is 1.20. The van der Waals surface area contributed by atoms with Gasteiger partial charge in [0.1, 0.15) is 11.5 Å². The summed E-state index contributed by atoms with van der Waals surface area (Å²) in [5.41, 5.74) is 25.3. The molecule has 2 saturated heterocycles. The lowest BCUT2D eigenvalue weighted by atomic mass is 10.0. The molecule has 14 nitrogen and oxygen atoms in total. The van der Waals surface area contributed by atoms with Crippen molar-refractivity contribution in [1.82, 2.24) is 15.0 Å². The van der Waals surface area contributed by atoms with E-state index in [1.807, 2.05) is 9.80 Å². The highest BCUT2D eigenvalue weighted by Crippen LogP contribution is 2.29. The summed E-state index contributed by atoms with van der Waals surface area (Å²) < 4.78 is 41.6. The van der Waals surface area contributed by atoms with Gasteiger partial charge in [0.05, 0.1) is 5.56 Å². The van der Waals surface area contributed by atoms with Crippen molar-refractivity contribution in [3.8, 4) is 11.5 Å². The molecule has 0 unspecified atom stereocenters. The molecular weight excluding hydrogens is 583 g/mol. The maximum atomic E-state index is 12.7. The van der Waals surface area contributed by atoms with Crippen LogP contribution >= 0.6 is 0 Å². The summed E-state index contributed by atoms with van der Waals surface area (Å²) in [6, 6.07) is 8.47. The predicted molar refractivity (Wildman–Crippen MR) is 158 cm³/mol. The SMILES string of the molecule is N[C@@H]1C[C@H](N)CN(c2nc(Nc3ccc(NC(=O)c4cc(OC(F)(F)F)ccc4O)cc3)nc(N3C[C@H](N)C[C@H](N)C3)n2)C1. The smallest absolute Gasteiger partial charge is 0.507 e. The van der Waals surface area contributed by atoms with E-state index in [-0.39, 0.29) is 30.1 Å². The normalized spacial score (nSPS) is 22.4. The maximum absolute atomic E-state index is 12.7. The van der Waals surface area contributed by atoms with Gasteiger partial charge in [0.25, 0.3) is 5.91 Å². The number of aromatic hydroxyl groups is 1. The molecule has 0 saturated carbocycles. The first-order chi connectivity index (χ1) is 20.8. The molecule has 3 aromatic rings. The van der Waals surface area contributed by atoms with E-state index in [0.29, 0.717) is 62.3 Å². The van der Waals surface area contributed by atoms with Gasteiger partial charge >= 0.3 is 6.36 Å². The fourth-order valence-electron chi connectivity index (χ4n) is 5.24. The average Bonchev–Trinajstić information content (AvgIpc) is 2.93. The van der Waals surface area contributed by atoms with Gasteiger partial charge in [-0.05, 0) is 55.3 Å². The minimum atomic E-state index is -4.95. The number of carbonyl (C=O) groups excluding carboxylic acids is 1. The van der Waals surface area contributed by atoms with E-state index in [9.17, 15) is 23.1 Å². The van der Waals surface area contributed by atoms with Crippen molar-refractivity contribution in [3.05, 3.63) is 48.0 Å². The van der Waals surface area contributed by atoms with E-state index in [2.05, 4.69) is 25.3 Å². The lowest BCUT2D eigenvalue weighted by Crippen LogP contribution is -2.54. The minimum absolute atomic E-state index is 0.142. The van der Waals surface area contributed by atoms with Crippen LogP contribution in [0.5, 0.6) is 11.5 Å². The standard InChI is InChI=1S/C27H34F3N11O3/c28-27(29,30)44-20-5-6-22(42)21(9-20)23(43)35-18-1-3-19(4-2-18)36-24-37-25(40-10-14(31)7-15(32)11-40)39-26(38-24)41-12-16(33)8-17(34)13-41/h1-6,9,14-17,42H,7-8,10-13,31-34H2,(H,35,43)(H,36,37,38,39)/t14-,15+,16-,17+. The lowest BCUT2D eigenvalue weighted by molar-refractivity contribution is -0.274. The number of alkyl halides is 3. The van der Waals surface area contributed by atoms with Crippen molar-refractivity contribution in [2.24, 2.45) is 22.9 Å². The summed E-state index contributed by atoms with van der Waals surface area (Å²) in [4.78, 5) is 30.5. The van der Waals surface area contributed by atoms with Gasteiger partial charge in [-0.25, -0.2) is 0 Å². The maximum Gasteiger partial charge on any atom is 0.573 e. The van der Waals surface area contributed by atoms with Gasteiger partial charge in [0.2, 0.25) is 17.8 Å². The van der Waals surface area contributed by atoms with E-state index in [4.69, 9.17) is 27.9 Å². The third-order valence-corrected chi connectivity index (χ3v) is 7.05. The molecule has 236 valence electrons. The van der Waals surface area contributed by atoms with Crippen LogP contribution in [0, 0.1) is 0 Å². The average molecular weight is 618 g/mol. The van der Waals surface area contributed by atoms with Crippen molar-refractivity contribution in [2.75, 3.05) is 46.6 Å². The number of halogens is 3. The second kappa shape index (κ2) is 12.7. The highest BCUT2D eigenvalue weighted by Gasteiger charge is 2.32. The van der Waals surface area contributed by atoms with E-state index in [0.717, 1.165) is 18.2 Å². The van der Waals surface area contributed by atoms with Crippen LogP contribution in [0.25, 0.3) is 0 Å². The third kappa shape index (κ3) is 7.93. The summed E-state index contributed by atoms with van der Waals surface area (Å²) in [7, 11) is 0. The van der Waals surface area contributed by atoms with Crippen LogP contribution in [0.4, 0.5) is 42.4 Å². The molecule has 0 bridgehead atoms. The van der Waals surface area contributed by atoms with E-state index in [1.165, 1.54) is 0 Å². The Morgan fingerprint density at radius 3 is 1.82 bits per heavy atom. The van der Waals surface area contributed by atoms with Gasteiger partial charge in [-0.1, -0.05) is 0 Å². The fourth-order valence-corrected chi connectivity index (χ4v) is 5.24. The number of amides is 1. The molecule has 2 aliphatic heterocycles. The van der Waals surface area contributed by atoms with Crippen LogP contribution in [0.1, 0.15) is 23.2 Å². The number of anilines is 5. The Kier molecular flexibility index (Phi) is 8.91. The number of nitrogens with one attached hydrogen (secondary N) is 2. The Labute approximate surface area is 250 Å². The Hall–Kier alpha value is -4.45. The van der Waals surface area contributed by atoms with Crippen molar-refractivity contribution in [2.45, 2.75) is 43.4 Å². The Bertz CT molecular complexity index is 1410. The largest absolute Gasteiger partial charge is 0.573 e. The summed E-state index contributed by atoms with van der Waals surface area (Å²) in [5, 5.41) is 15.7. The Balaban J connectivity index is 1.34. The second-order valence-corrected chi connectivity index (χ2v) is 11.0. The number of phenols is 1. The van der Waals surface area contributed by atoms with Crippen molar-refractivity contribution < 1.29 is 27.8 Å². The summed E-state index contributed by atoms with van der Waals surface area (Å²) >= 11 is 0. The molecule has 0 spiro atoms.